The number of anilines is 1. The maximum atomic E-state index is 12.8. The van der Waals surface area contributed by atoms with Gasteiger partial charge in [0.1, 0.15) is 5.25 Å². The minimum atomic E-state index is -3.91. The third-order valence-electron chi connectivity index (χ3n) is 4.89. The highest BCUT2D eigenvalue weighted by molar-refractivity contribution is 7.92. The summed E-state index contributed by atoms with van der Waals surface area (Å²) in [4.78, 5) is 23.1. The number of amides is 1. The maximum absolute atomic E-state index is 12.8. The van der Waals surface area contributed by atoms with Gasteiger partial charge < -0.3 is 14.8 Å². The van der Waals surface area contributed by atoms with Crippen molar-refractivity contribution in [3.8, 4) is 11.5 Å². The third kappa shape index (κ3) is 4.70. The number of carbonyl (C=O) groups is 1. The van der Waals surface area contributed by atoms with Crippen LogP contribution in [-0.2, 0) is 20.4 Å². The first-order valence-corrected chi connectivity index (χ1v) is 11.1. The van der Waals surface area contributed by atoms with Gasteiger partial charge in [-0.2, -0.15) is 0 Å². The average Bonchev–Trinajstić information content (AvgIpc) is 2.93. The van der Waals surface area contributed by atoms with Crippen molar-refractivity contribution in [1.29, 1.82) is 0 Å². The van der Waals surface area contributed by atoms with Gasteiger partial charge in [0, 0.05) is 29.8 Å². The molecule has 0 bridgehead atoms. The zero-order chi connectivity index (χ0) is 21.9. The SMILES string of the molecule is Cc1c(CS(=O)(=O)C(C)C(=O)Nc2ccc3c(c2)OCCCO3)cccc1[N+](=O)[O-]. The molecule has 2 aromatic rings. The molecule has 1 heterocycles. The van der Waals surface area contributed by atoms with Gasteiger partial charge >= 0.3 is 0 Å². The second-order valence-corrected chi connectivity index (χ2v) is 9.29. The number of fused-ring (bicyclic) bond motifs is 1. The van der Waals surface area contributed by atoms with Gasteiger partial charge in [0.2, 0.25) is 5.91 Å². The Balaban J connectivity index is 1.75. The lowest BCUT2D eigenvalue weighted by molar-refractivity contribution is -0.385. The van der Waals surface area contributed by atoms with E-state index in [0.29, 0.717) is 36.0 Å². The maximum Gasteiger partial charge on any atom is 0.272 e. The van der Waals surface area contributed by atoms with Crippen molar-refractivity contribution < 1.29 is 27.6 Å². The van der Waals surface area contributed by atoms with Gasteiger partial charge in [-0.3, -0.25) is 14.9 Å². The molecule has 160 valence electrons. The van der Waals surface area contributed by atoms with Gasteiger partial charge in [0.05, 0.1) is 23.9 Å². The van der Waals surface area contributed by atoms with Crippen molar-refractivity contribution in [3.05, 3.63) is 57.6 Å². The fourth-order valence-electron chi connectivity index (χ4n) is 3.01. The van der Waals surface area contributed by atoms with E-state index in [-0.39, 0.29) is 11.3 Å². The lowest BCUT2D eigenvalue weighted by Crippen LogP contribution is -2.33. The van der Waals surface area contributed by atoms with Crippen LogP contribution in [0.2, 0.25) is 0 Å². The van der Waals surface area contributed by atoms with E-state index in [1.807, 2.05) is 0 Å². The molecule has 9 nitrogen and oxygen atoms in total. The summed E-state index contributed by atoms with van der Waals surface area (Å²) in [6.07, 6.45) is 0.739. The highest BCUT2D eigenvalue weighted by Gasteiger charge is 2.30. The fraction of sp³-hybridized carbons (Fsp3) is 0.350. The average molecular weight is 434 g/mol. The first-order chi connectivity index (χ1) is 14.2. The third-order valence-corrected chi connectivity index (χ3v) is 6.90. The number of rotatable bonds is 6. The molecule has 1 unspecified atom stereocenters. The Hall–Kier alpha value is -3.14. The Bertz CT molecular complexity index is 1080. The summed E-state index contributed by atoms with van der Waals surface area (Å²) in [7, 11) is -3.91. The number of hydrogen-bond acceptors (Lipinski definition) is 7. The molecule has 1 aliphatic heterocycles. The highest BCUT2D eigenvalue weighted by atomic mass is 32.2. The molecule has 1 amide bonds. The van der Waals surface area contributed by atoms with Gasteiger partial charge in [-0.1, -0.05) is 12.1 Å². The van der Waals surface area contributed by atoms with Gasteiger partial charge in [-0.25, -0.2) is 8.42 Å². The van der Waals surface area contributed by atoms with E-state index in [9.17, 15) is 23.3 Å². The predicted molar refractivity (Wildman–Crippen MR) is 111 cm³/mol. The zero-order valence-corrected chi connectivity index (χ0v) is 17.4. The first-order valence-electron chi connectivity index (χ1n) is 9.34. The van der Waals surface area contributed by atoms with E-state index in [0.717, 1.165) is 6.42 Å². The Morgan fingerprint density at radius 3 is 2.60 bits per heavy atom. The number of sulfone groups is 1. The van der Waals surface area contributed by atoms with Crippen molar-refractivity contribution in [2.75, 3.05) is 18.5 Å². The molecule has 30 heavy (non-hydrogen) atoms. The number of hydrogen-bond donors (Lipinski definition) is 1. The van der Waals surface area contributed by atoms with Crippen LogP contribution >= 0.6 is 0 Å². The number of nitro groups is 1. The molecule has 1 N–H and O–H groups in total. The van der Waals surface area contributed by atoms with Crippen molar-refractivity contribution in [1.82, 2.24) is 0 Å². The van der Waals surface area contributed by atoms with Crippen LogP contribution in [0.25, 0.3) is 0 Å². The minimum absolute atomic E-state index is 0.160. The van der Waals surface area contributed by atoms with Crippen LogP contribution in [0, 0.1) is 17.0 Å². The van der Waals surface area contributed by atoms with E-state index in [4.69, 9.17) is 9.47 Å². The first kappa shape index (κ1) is 21.6. The van der Waals surface area contributed by atoms with Crippen molar-refractivity contribution in [2.45, 2.75) is 31.3 Å². The molecule has 0 fully saturated rings. The van der Waals surface area contributed by atoms with Gasteiger partial charge in [0.25, 0.3) is 5.69 Å². The molecule has 2 aromatic carbocycles. The van der Waals surface area contributed by atoms with Crippen LogP contribution in [0.3, 0.4) is 0 Å². The molecule has 10 heteroatoms. The topological polar surface area (TPSA) is 125 Å². The quantitative estimate of drug-likeness (QED) is 0.547. The van der Waals surface area contributed by atoms with Crippen LogP contribution in [0.1, 0.15) is 24.5 Å². The van der Waals surface area contributed by atoms with E-state index in [2.05, 4.69) is 5.32 Å². The standard InChI is InChI=1S/C20H22N2O7S/c1-13-15(5-3-6-17(13)22(24)25)12-30(26,27)14(2)20(23)21-16-7-8-18-19(11-16)29-10-4-9-28-18/h3,5-8,11,14H,4,9-10,12H2,1-2H3,(H,21,23). The molecule has 0 aliphatic carbocycles. The van der Waals surface area contributed by atoms with Gasteiger partial charge in [-0.15, -0.1) is 0 Å². The number of benzene rings is 2. The minimum Gasteiger partial charge on any atom is -0.490 e. The van der Waals surface area contributed by atoms with E-state index < -0.39 is 31.7 Å². The van der Waals surface area contributed by atoms with E-state index >= 15 is 0 Å². The number of nitrogens with one attached hydrogen (secondary N) is 1. The smallest absolute Gasteiger partial charge is 0.272 e. The molecule has 1 aliphatic rings. The molecule has 0 radical (unpaired) electrons. The van der Waals surface area contributed by atoms with Crippen LogP contribution < -0.4 is 14.8 Å². The van der Waals surface area contributed by atoms with Crippen LogP contribution in [0.5, 0.6) is 11.5 Å². The molecular weight excluding hydrogens is 412 g/mol. The lowest BCUT2D eigenvalue weighted by atomic mass is 10.1. The number of nitrogens with zero attached hydrogens (tertiary/aromatic N) is 1. The molecular formula is C20H22N2O7S. The van der Waals surface area contributed by atoms with Crippen LogP contribution in [0.4, 0.5) is 11.4 Å². The Morgan fingerprint density at radius 1 is 1.20 bits per heavy atom. The van der Waals surface area contributed by atoms with Crippen molar-refractivity contribution in [3.63, 3.8) is 0 Å². The summed E-state index contributed by atoms with van der Waals surface area (Å²) in [6.45, 7) is 3.80. The van der Waals surface area contributed by atoms with Gasteiger partial charge in [0.15, 0.2) is 21.3 Å². The molecule has 1 atom stereocenters. The summed E-state index contributed by atoms with van der Waals surface area (Å²) in [5.41, 5.74) is 0.783. The summed E-state index contributed by atoms with van der Waals surface area (Å²) < 4.78 is 36.6. The van der Waals surface area contributed by atoms with Crippen molar-refractivity contribution in [2.24, 2.45) is 0 Å². The second kappa shape index (κ2) is 8.70. The molecule has 0 spiro atoms. The summed E-state index contributed by atoms with van der Waals surface area (Å²) in [5, 5.41) is 12.3. The Labute approximate surface area is 174 Å². The normalized spacial score (nSPS) is 14.5. The number of nitro benzene ring substituents is 1. The van der Waals surface area contributed by atoms with Crippen LogP contribution in [-0.4, -0.2) is 37.7 Å². The highest BCUT2D eigenvalue weighted by Crippen LogP contribution is 2.32. The monoisotopic (exact) mass is 434 g/mol. The summed E-state index contributed by atoms with van der Waals surface area (Å²) in [5.74, 6) is -0.135. The second-order valence-electron chi connectivity index (χ2n) is 6.97. The van der Waals surface area contributed by atoms with Crippen LogP contribution in [0.15, 0.2) is 36.4 Å². The zero-order valence-electron chi connectivity index (χ0n) is 16.6. The summed E-state index contributed by atoms with van der Waals surface area (Å²) in [6, 6.07) is 9.10. The predicted octanol–water partition coefficient (Wildman–Crippen LogP) is 3.01. The Kier molecular flexibility index (Phi) is 6.25. The lowest BCUT2D eigenvalue weighted by Gasteiger charge is -2.15. The van der Waals surface area contributed by atoms with E-state index in [1.54, 1.807) is 18.2 Å². The molecule has 3 rings (SSSR count). The Morgan fingerprint density at radius 2 is 1.90 bits per heavy atom. The van der Waals surface area contributed by atoms with Crippen molar-refractivity contribution >= 4 is 27.1 Å². The molecule has 0 aromatic heterocycles. The molecule has 0 saturated carbocycles. The largest absolute Gasteiger partial charge is 0.490 e. The summed E-state index contributed by atoms with van der Waals surface area (Å²) >= 11 is 0. The van der Waals surface area contributed by atoms with Gasteiger partial charge in [-0.05, 0) is 31.5 Å². The molecule has 0 saturated heterocycles. The van der Waals surface area contributed by atoms with E-state index in [1.165, 1.54) is 32.0 Å². The number of carbonyl (C=O) groups excluding carboxylic acids is 1. The fourth-order valence-corrected chi connectivity index (χ4v) is 4.40. The number of ether oxygens (including phenoxy) is 2.